The lowest BCUT2D eigenvalue weighted by Crippen LogP contribution is -2.43. The number of hydrogen-bond donors (Lipinski definition) is 2. The molecule has 3 N–H and O–H groups in total. The SMILES string of the molecule is CN(Cc1cccc(N)c1)C(=O)NC1CCOC1. The standard InChI is InChI=1S/C13H19N3O2/c1-16(8-10-3-2-4-11(14)7-10)13(17)15-12-5-6-18-9-12/h2-4,7,12H,5-6,8-9,14H2,1H3,(H,15,17). The lowest BCUT2D eigenvalue weighted by molar-refractivity contribution is 0.181. The van der Waals surface area contributed by atoms with Crippen molar-refractivity contribution in [3.8, 4) is 0 Å². The van der Waals surface area contributed by atoms with Gasteiger partial charge in [0.1, 0.15) is 0 Å². The average molecular weight is 249 g/mol. The second-order valence-corrected chi connectivity index (χ2v) is 4.61. The highest BCUT2D eigenvalue weighted by atomic mass is 16.5. The number of urea groups is 1. The Morgan fingerprint density at radius 2 is 2.44 bits per heavy atom. The van der Waals surface area contributed by atoms with Gasteiger partial charge in [-0.25, -0.2) is 4.79 Å². The summed E-state index contributed by atoms with van der Waals surface area (Å²) >= 11 is 0. The first-order valence-electron chi connectivity index (χ1n) is 6.09. The molecule has 1 fully saturated rings. The lowest BCUT2D eigenvalue weighted by Gasteiger charge is -2.20. The summed E-state index contributed by atoms with van der Waals surface area (Å²) in [6, 6.07) is 7.62. The minimum absolute atomic E-state index is 0.0760. The van der Waals surface area contributed by atoms with Crippen molar-refractivity contribution in [2.45, 2.75) is 19.0 Å². The summed E-state index contributed by atoms with van der Waals surface area (Å²) < 4.78 is 5.22. The van der Waals surface area contributed by atoms with Crippen LogP contribution in [0.25, 0.3) is 0 Å². The lowest BCUT2D eigenvalue weighted by atomic mass is 10.2. The number of ether oxygens (including phenoxy) is 1. The van der Waals surface area contributed by atoms with E-state index in [1.165, 1.54) is 0 Å². The highest BCUT2D eigenvalue weighted by Gasteiger charge is 2.19. The summed E-state index contributed by atoms with van der Waals surface area (Å²) in [7, 11) is 1.77. The van der Waals surface area contributed by atoms with Crippen LogP contribution in [0.1, 0.15) is 12.0 Å². The summed E-state index contributed by atoms with van der Waals surface area (Å²) in [4.78, 5) is 13.6. The molecule has 0 spiro atoms. The highest BCUT2D eigenvalue weighted by Crippen LogP contribution is 2.09. The maximum atomic E-state index is 11.9. The number of nitrogens with two attached hydrogens (primary N) is 1. The third kappa shape index (κ3) is 3.37. The zero-order valence-electron chi connectivity index (χ0n) is 10.6. The van der Waals surface area contributed by atoms with E-state index in [-0.39, 0.29) is 12.1 Å². The molecule has 1 aromatic rings. The smallest absolute Gasteiger partial charge is 0.317 e. The van der Waals surface area contributed by atoms with Crippen LogP contribution in [0.4, 0.5) is 10.5 Å². The van der Waals surface area contributed by atoms with Crippen LogP contribution in [0.15, 0.2) is 24.3 Å². The molecule has 5 heteroatoms. The minimum atomic E-state index is -0.0760. The molecule has 0 bridgehead atoms. The largest absolute Gasteiger partial charge is 0.399 e. The van der Waals surface area contributed by atoms with Crippen LogP contribution in [-0.2, 0) is 11.3 Å². The van der Waals surface area contributed by atoms with Gasteiger partial charge in [0.25, 0.3) is 0 Å². The van der Waals surface area contributed by atoms with Crippen molar-refractivity contribution < 1.29 is 9.53 Å². The molecular formula is C13H19N3O2. The van der Waals surface area contributed by atoms with Crippen molar-refractivity contribution in [2.24, 2.45) is 0 Å². The van der Waals surface area contributed by atoms with E-state index in [1.54, 1.807) is 11.9 Å². The number of nitrogens with zero attached hydrogens (tertiary/aromatic N) is 1. The van der Waals surface area contributed by atoms with Gasteiger partial charge < -0.3 is 20.7 Å². The van der Waals surface area contributed by atoms with Crippen molar-refractivity contribution in [1.82, 2.24) is 10.2 Å². The Balaban J connectivity index is 1.86. The van der Waals surface area contributed by atoms with Crippen LogP contribution in [0, 0.1) is 0 Å². The third-order valence-electron chi connectivity index (χ3n) is 2.97. The molecule has 18 heavy (non-hydrogen) atoms. The molecule has 0 aliphatic carbocycles. The fraction of sp³-hybridized carbons (Fsp3) is 0.462. The molecule has 1 aliphatic rings. The first kappa shape index (κ1) is 12.7. The van der Waals surface area contributed by atoms with Gasteiger partial charge >= 0.3 is 6.03 Å². The zero-order chi connectivity index (χ0) is 13.0. The number of rotatable bonds is 3. The molecule has 2 rings (SSSR count). The van der Waals surface area contributed by atoms with Crippen molar-refractivity contribution in [3.05, 3.63) is 29.8 Å². The van der Waals surface area contributed by atoms with Gasteiger partial charge in [-0.1, -0.05) is 12.1 Å². The maximum Gasteiger partial charge on any atom is 0.317 e. The van der Waals surface area contributed by atoms with Gasteiger partial charge in [0, 0.05) is 25.9 Å². The van der Waals surface area contributed by atoms with Gasteiger partial charge in [0.15, 0.2) is 0 Å². The fourth-order valence-electron chi connectivity index (χ4n) is 1.97. The summed E-state index contributed by atoms with van der Waals surface area (Å²) in [5.74, 6) is 0. The Hall–Kier alpha value is -1.75. The first-order valence-corrected chi connectivity index (χ1v) is 6.09. The summed E-state index contributed by atoms with van der Waals surface area (Å²) in [5.41, 5.74) is 7.44. The molecular weight excluding hydrogens is 230 g/mol. The van der Waals surface area contributed by atoms with Crippen LogP contribution in [0.5, 0.6) is 0 Å². The molecule has 1 unspecified atom stereocenters. The van der Waals surface area contributed by atoms with Gasteiger partial charge in [0.05, 0.1) is 12.6 Å². The number of anilines is 1. The number of nitrogens with one attached hydrogen (secondary N) is 1. The van der Waals surface area contributed by atoms with Crippen molar-refractivity contribution in [2.75, 3.05) is 26.0 Å². The summed E-state index contributed by atoms with van der Waals surface area (Å²) in [5, 5.41) is 2.94. The van der Waals surface area contributed by atoms with Gasteiger partial charge in [-0.05, 0) is 24.1 Å². The second kappa shape index (κ2) is 5.73. The predicted octanol–water partition coefficient (Wildman–Crippen LogP) is 1.20. The highest BCUT2D eigenvalue weighted by molar-refractivity contribution is 5.74. The number of benzene rings is 1. The number of carbonyl (C=O) groups is 1. The molecule has 0 saturated carbocycles. The van der Waals surface area contributed by atoms with E-state index in [2.05, 4.69) is 5.32 Å². The molecule has 0 aromatic heterocycles. The second-order valence-electron chi connectivity index (χ2n) is 4.61. The molecule has 1 heterocycles. The molecule has 1 saturated heterocycles. The van der Waals surface area contributed by atoms with Gasteiger partial charge in [0.2, 0.25) is 0 Å². The minimum Gasteiger partial charge on any atom is -0.399 e. The van der Waals surface area contributed by atoms with Crippen LogP contribution in [0.3, 0.4) is 0 Å². The Morgan fingerprint density at radius 3 is 3.11 bits per heavy atom. The van der Waals surface area contributed by atoms with Crippen molar-refractivity contribution >= 4 is 11.7 Å². The van der Waals surface area contributed by atoms with Gasteiger partial charge in [-0.2, -0.15) is 0 Å². The van der Waals surface area contributed by atoms with Crippen LogP contribution < -0.4 is 11.1 Å². The number of nitrogen functional groups attached to an aromatic ring is 1. The van der Waals surface area contributed by atoms with Gasteiger partial charge in [-0.15, -0.1) is 0 Å². The van der Waals surface area contributed by atoms with E-state index in [1.807, 2.05) is 24.3 Å². The van der Waals surface area contributed by atoms with Gasteiger partial charge in [-0.3, -0.25) is 0 Å². The predicted molar refractivity (Wildman–Crippen MR) is 70.1 cm³/mol. The quantitative estimate of drug-likeness (QED) is 0.791. The molecule has 0 radical (unpaired) electrons. The topological polar surface area (TPSA) is 67.6 Å². The molecule has 5 nitrogen and oxygen atoms in total. The molecule has 98 valence electrons. The van der Waals surface area contributed by atoms with Crippen molar-refractivity contribution in [1.29, 1.82) is 0 Å². The van der Waals surface area contributed by atoms with E-state index in [0.717, 1.165) is 18.6 Å². The zero-order valence-corrected chi connectivity index (χ0v) is 10.6. The Bertz CT molecular complexity index is 416. The fourth-order valence-corrected chi connectivity index (χ4v) is 1.97. The first-order chi connectivity index (χ1) is 8.65. The van der Waals surface area contributed by atoms with Crippen LogP contribution in [0.2, 0.25) is 0 Å². The van der Waals surface area contributed by atoms with E-state index in [4.69, 9.17) is 10.5 Å². The average Bonchev–Trinajstić information content (AvgIpc) is 2.81. The van der Waals surface area contributed by atoms with E-state index < -0.39 is 0 Å². The van der Waals surface area contributed by atoms with Crippen molar-refractivity contribution in [3.63, 3.8) is 0 Å². The van der Waals surface area contributed by atoms with E-state index in [9.17, 15) is 4.79 Å². The molecule has 2 amide bonds. The molecule has 1 atom stereocenters. The van der Waals surface area contributed by atoms with E-state index in [0.29, 0.717) is 18.8 Å². The molecule has 1 aromatic carbocycles. The monoisotopic (exact) mass is 249 g/mol. The Kier molecular flexibility index (Phi) is 4.04. The molecule has 1 aliphatic heterocycles. The summed E-state index contributed by atoms with van der Waals surface area (Å²) in [6.45, 7) is 1.88. The van der Waals surface area contributed by atoms with E-state index >= 15 is 0 Å². The normalized spacial score (nSPS) is 18.6. The Labute approximate surface area is 107 Å². The Morgan fingerprint density at radius 1 is 1.61 bits per heavy atom. The van der Waals surface area contributed by atoms with Crippen LogP contribution in [-0.4, -0.2) is 37.2 Å². The summed E-state index contributed by atoms with van der Waals surface area (Å²) in [6.07, 6.45) is 0.887. The third-order valence-corrected chi connectivity index (χ3v) is 2.97. The number of carbonyl (C=O) groups excluding carboxylic acids is 1. The maximum absolute atomic E-state index is 11.9. The number of amides is 2. The number of hydrogen-bond acceptors (Lipinski definition) is 3. The van der Waals surface area contributed by atoms with Crippen LogP contribution >= 0.6 is 0 Å².